The molecule has 0 fully saturated rings. The molecule has 2 heterocycles. The van der Waals surface area contributed by atoms with E-state index < -0.39 is 16.0 Å². The Kier molecular flexibility index (Phi) is 4.62. The van der Waals surface area contributed by atoms with Gasteiger partial charge in [-0.1, -0.05) is 12.1 Å². The van der Waals surface area contributed by atoms with Crippen LogP contribution in [0.15, 0.2) is 65.1 Å². The number of rotatable bonds is 5. The van der Waals surface area contributed by atoms with E-state index in [4.69, 9.17) is 9.15 Å². The Morgan fingerprint density at radius 2 is 1.82 bits per heavy atom. The summed E-state index contributed by atoms with van der Waals surface area (Å²) in [6.45, 7) is 0. The van der Waals surface area contributed by atoms with Crippen molar-refractivity contribution in [1.29, 1.82) is 0 Å². The molecule has 1 N–H and O–H groups in total. The van der Waals surface area contributed by atoms with E-state index in [1.807, 2.05) is 24.3 Å². The lowest BCUT2D eigenvalue weighted by molar-refractivity contribution is 0.0702. The van der Waals surface area contributed by atoms with Crippen molar-refractivity contribution in [3.63, 3.8) is 0 Å². The molecule has 2 aromatic carbocycles. The average Bonchev–Trinajstić information content (AvgIpc) is 3.29. The van der Waals surface area contributed by atoms with Crippen LogP contribution in [0, 0.1) is 0 Å². The predicted molar refractivity (Wildman–Crippen MR) is 107 cm³/mol. The molecule has 0 spiro atoms. The molecule has 0 aliphatic heterocycles. The number of anilines is 1. The topological polar surface area (TPSA) is 98.5 Å². The molecular weight excluding hydrogens is 400 g/mol. The molecule has 142 valence electrons. The van der Waals surface area contributed by atoms with E-state index in [0.717, 1.165) is 16.5 Å². The Morgan fingerprint density at radius 1 is 1.07 bits per heavy atom. The minimum Gasteiger partial charge on any atom is -0.447 e. The number of sulfonamides is 1. The molecule has 0 bridgehead atoms. The van der Waals surface area contributed by atoms with E-state index in [1.54, 1.807) is 6.07 Å². The highest BCUT2D eigenvalue weighted by atomic mass is 32.2. The maximum Gasteiger partial charge on any atom is 0.379 e. The van der Waals surface area contributed by atoms with Crippen LogP contribution >= 0.6 is 11.3 Å². The fraction of sp³-hybridized carbons (Fsp3) is 0.0526. The number of carbonyl (C=O) groups is 1. The van der Waals surface area contributed by atoms with Crippen molar-refractivity contribution in [2.24, 2.45) is 0 Å². The number of furan rings is 1. The normalized spacial score (nSPS) is 11.5. The molecule has 0 radical (unpaired) electrons. The molecular formula is C19H14N2O5S2. The number of para-hydroxylation sites is 1. The average molecular weight is 414 g/mol. The Bertz CT molecular complexity index is 1220. The van der Waals surface area contributed by atoms with Gasteiger partial charge in [0.25, 0.3) is 0 Å². The molecule has 0 amide bonds. The van der Waals surface area contributed by atoms with Crippen molar-refractivity contribution in [1.82, 2.24) is 4.98 Å². The Labute approximate surface area is 164 Å². The van der Waals surface area contributed by atoms with Crippen molar-refractivity contribution in [3.8, 4) is 16.5 Å². The van der Waals surface area contributed by atoms with Gasteiger partial charge in [0.15, 0.2) is 10.8 Å². The number of hydrogen-bond acceptors (Lipinski definition) is 7. The van der Waals surface area contributed by atoms with Crippen molar-refractivity contribution in [3.05, 3.63) is 66.4 Å². The van der Waals surface area contributed by atoms with E-state index in [1.165, 1.54) is 41.7 Å². The van der Waals surface area contributed by atoms with Crippen molar-refractivity contribution in [2.45, 2.75) is 0 Å². The fourth-order valence-corrected chi connectivity index (χ4v) is 3.99. The van der Waals surface area contributed by atoms with Crippen LogP contribution in [0.5, 0.6) is 5.75 Å². The number of hydrogen-bond donors (Lipinski definition) is 1. The first-order valence-corrected chi connectivity index (χ1v) is 10.8. The van der Waals surface area contributed by atoms with E-state index >= 15 is 0 Å². The largest absolute Gasteiger partial charge is 0.447 e. The zero-order valence-corrected chi connectivity index (χ0v) is 16.2. The minimum absolute atomic E-state index is 0.0487. The molecule has 28 heavy (non-hydrogen) atoms. The number of thiazole rings is 1. The molecule has 4 rings (SSSR count). The van der Waals surface area contributed by atoms with E-state index in [2.05, 4.69) is 9.71 Å². The second-order valence-electron chi connectivity index (χ2n) is 5.94. The summed E-state index contributed by atoms with van der Waals surface area (Å²) in [6, 6.07) is 16.9. The summed E-state index contributed by atoms with van der Waals surface area (Å²) in [7, 11) is -3.37. The number of aromatic nitrogens is 1. The summed E-state index contributed by atoms with van der Waals surface area (Å²) in [5.41, 5.74) is 1.24. The van der Waals surface area contributed by atoms with Crippen molar-refractivity contribution >= 4 is 43.2 Å². The molecule has 0 saturated carbocycles. The summed E-state index contributed by atoms with van der Waals surface area (Å²) in [5, 5.41) is 0.677. The van der Waals surface area contributed by atoms with Crippen LogP contribution in [0.2, 0.25) is 0 Å². The lowest BCUT2D eigenvalue weighted by Gasteiger charge is -2.05. The highest BCUT2D eigenvalue weighted by Gasteiger charge is 2.17. The zero-order valence-electron chi connectivity index (χ0n) is 14.6. The van der Waals surface area contributed by atoms with Gasteiger partial charge in [-0.2, -0.15) is 0 Å². The molecule has 2 aromatic heterocycles. The monoisotopic (exact) mass is 414 g/mol. The standard InChI is InChI=1S/C19H14N2O5S2/c1-28(23,24)21-12-6-8-13(9-7-12)25-19(22)16-11-10-15(26-16)18-20-14-4-2-3-5-17(14)27-18/h2-11,21H,1H3. The third-order valence-electron chi connectivity index (χ3n) is 3.68. The van der Waals surface area contributed by atoms with Gasteiger partial charge in [0, 0.05) is 5.69 Å². The quantitative estimate of drug-likeness (QED) is 0.389. The molecule has 4 aromatic rings. The Hall–Kier alpha value is -3.17. The summed E-state index contributed by atoms with van der Waals surface area (Å²) < 4.78 is 36.7. The summed E-state index contributed by atoms with van der Waals surface area (Å²) in [4.78, 5) is 16.8. The minimum atomic E-state index is -3.37. The zero-order chi connectivity index (χ0) is 19.7. The number of ether oxygens (including phenoxy) is 1. The van der Waals surface area contributed by atoms with E-state index in [-0.39, 0.29) is 11.5 Å². The molecule has 0 aliphatic carbocycles. The van der Waals surface area contributed by atoms with Gasteiger partial charge < -0.3 is 9.15 Å². The third-order valence-corrected chi connectivity index (χ3v) is 5.34. The van der Waals surface area contributed by atoms with Crippen LogP contribution in [0.1, 0.15) is 10.6 Å². The number of esters is 1. The van der Waals surface area contributed by atoms with Crippen LogP contribution in [0.3, 0.4) is 0 Å². The number of carbonyl (C=O) groups excluding carboxylic acids is 1. The maximum atomic E-state index is 12.3. The summed E-state index contributed by atoms with van der Waals surface area (Å²) in [6.07, 6.45) is 1.06. The predicted octanol–water partition coefficient (Wildman–Crippen LogP) is 4.15. The van der Waals surface area contributed by atoms with Crippen LogP contribution < -0.4 is 9.46 Å². The Balaban J connectivity index is 1.48. The molecule has 0 atom stereocenters. The lowest BCUT2D eigenvalue weighted by atomic mass is 10.3. The van der Waals surface area contributed by atoms with Gasteiger partial charge in [-0.05, 0) is 48.5 Å². The molecule has 7 nitrogen and oxygen atoms in total. The highest BCUT2D eigenvalue weighted by molar-refractivity contribution is 7.92. The molecule has 0 aliphatic rings. The van der Waals surface area contributed by atoms with Crippen LogP contribution in [0.25, 0.3) is 21.0 Å². The van der Waals surface area contributed by atoms with E-state index in [0.29, 0.717) is 16.5 Å². The van der Waals surface area contributed by atoms with Crippen molar-refractivity contribution < 1.29 is 22.4 Å². The number of fused-ring (bicyclic) bond motifs is 1. The number of nitrogens with zero attached hydrogens (tertiary/aromatic N) is 1. The highest BCUT2D eigenvalue weighted by Crippen LogP contribution is 2.31. The Morgan fingerprint density at radius 3 is 2.54 bits per heavy atom. The van der Waals surface area contributed by atoms with Gasteiger partial charge in [-0.15, -0.1) is 11.3 Å². The third kappa shape index (κ3) is 4.05. The van der Waals surface area contributed by atoms with Gasteiger partial charge in [0.1, 0.15) is 5.75 Å². The molecule has 0 saturated heterocycles. The second kappa shape index (κ2) is 7.10. The SMILES string of the molecule is CS(=O)(=O)Nc1ccc(OC(=O)c2ccc(-c3nc4ccccc4s3)o2)cc1. The number of nitrogens with one attached hydrogen (secondary N) is 1. The maximum absolute atomic E-state index is 12.3. The lowest BCUT2D eigenvalue weighted by Crippen LogP contribution is -2.10. The molecule has 0 unspecified atom stereocenters. The molecule has 9 heteroatoms. The smallest absolute Gasteiger partial charge is 0.379 e. The van der Waals surface area contributed by atoms with Crippen LogP contribution in [-0.4, -0.2) is 25.6 Å². The van der Waals surface area contributed by atoms with Gasteiger partial charge in [0.05, 0.1) is 16.5 Å². The van der Waals surface area contributed by atoms with Gasteiger partial charge >= 0.3 is 5.97 Å². The first-order chi connectivity index (χ1) is 13.4. The van der Waals surface area contributed by atoms with Crippen LogP contribution in [0.4, 0.5) is 5.69 Å². The fourth-order valence-electron chi connectivity index (χ4n) is 2.50. The summed E-state index contributed by atoms with van der Waals surface area (Å²) in [5.74, 6) is 0.145. The van der Waals surface area contributed by atoms with Gasteiger partial charge in [0.2, 0.25) is 15.8 Å². The van der Waals surface area contributed by atoms with E-state index in [9.17, 15) is 13.2 Å². The summed E-state index contributed by atoms with van der Waals surface area (Å²) >= 11 is 1.47. The second-order valence-corrected chi connectivity index (χ2v) is 8.72. The van der Waals surface area contributed by atoms with Crippen molar-refractivity contribution in [2.75, 3.05) is 11.0 Å². The van der Waals surface area contributed by atoms with Gasteiger partial charge in [-0.3, -0.25) is 4.72 Å². The van der Waals surface area contributed by atoms with Crippen LogP contribution in [-0.2, 0) is 10.0 Å². The number of benzene rings is 2. The first-order valence-electron chi connectivity index (χ1n) is 8.13. The van der Waals surface area contributed by atoms with Gasteiger partial charge in [-0.25, -0.2) is 18.2 Å². The first kappa shape index (κ1) is 18.2.